The van der Waals surface area contributed by atoms with Gasteiger partial charge in [0.2, 0.25) is 5.91 Å². The molecule has 2 aromatic carbocycles. The molecule has 268 valence electrons. The second kappa shape index (κ2) is 11.8. The molecule has 2 atom stereocenters. The third-order valence-electron chi connectivity index (χ3n) is 9.24. The smallest absolute Gasteiger partial charge is 0.435 e. The van der Waals surface area contributed by atoms with E-state index >= 15 is 0 Å². The van der Waals surface area contributed by atoms with Crippen LogP contribution in [-0.4, -0.2) is 82.1 Å². The molecule has 2 aliphatic heterocycles. The molecule has 3 aliphatic rings. The van der Waals surface area contributed by atoms with Crippen LogP contribution in [0.2, 0.25) is 0 Å². The number of hydrogen-bond acceptors (Lipinski definition) is 12. The fourth-order valence-corrected chi connectivity index (χ4v) is 8.05. The minimum Gasteiger partial charge on any atom is -0.443 e. The van der Waals surface area contributed by atoms with E-state index in [9.17, 15) is 22.8 Å². The molecule has 14 nitrogen and oxygen atoms in total. The molecule has 2 amide bonds. The summed E-state index contributed by atoms with van der Waals surface area (Å²) in [5, 5.41) is 8.43. The molecular weight excluding hydrogens is 675 g/mol. The van der Waals surface area contributed by atoms with Gasteiger partial charge in [0.05, 0.1) is 28.1 Å². The molecule has 2 aromatic heterocycles. The summed E-state index contributed by atoms with van der Waals surface area (Å²) in [7, 11) is -3.07. The van der Waals surface area contributed by atoms with E-state index in [-0.39, 0.29) is 23.3 Å². The summed E-state index contributed by atoms with van der Waals surface area (Å²) in [6.07, 6.45) is 0.458. The van der Waals surface area contributed by atoms with Crippen molar-refractivity contribution in [2.45, 2.75) is 77.4 Å². The molecular formula is C36H41N7O7S. The normalized spacial score (nSPS) is 21.2. The Morgan fingerprint density at radius 3 is 2.29 bits per heavy atom. The van der Waals surface area contributed by atoms with E-state index in [0.29, 0.717) is 53.6 Å². The average molecular weight is 716 g/mol. The number of anilines is 4. The van der Waals surface area contributed by atoms with Crippen molar-refractivity contribution in [3.63, 3.8) is 0 Å². The Morgan fingerprint density at radius 1 is 0.922 bits per heavy atom. The maximum Gasteiger partial charge on any atom is 0.435 e. The van der Waals surface area contributed by atoms with Gasteiger partial charge in [-0.15, -0.1) is 5.10 Å². The van der Waals surface area contributed by atoms with Crippen LogP contribution in [0.5, 0.6) is 0 Å². The van der Waals surface area contributed by atoms with Gasteiger partial charge in [-0.2, -0.15) is 4.68 Å². The molecule has 1 spiro atoms. The number of rotatable bonds is 4. The van der Waals surface area contributed by atoms with E-state index in [1.54, 1.807) is 53.7 Å². The van der Waals surface area contributed by atoms with Gasteiger partial charge in [-0.1, -0.05) is 23.8 Å². The lowest BCUT2D eigenvalue weighted by Gasteiger charge is -2.27. The Morgan fingerprint density at radius 2 is 1.61 bits per heavy atom. The summed E-state index contributed by atoms with van der Waals surface area (Å²) < 4.78 is 36.5. The Labute approximate surface area is 296 Å². The number of hydrogen-bond donors (Lipinski definition) is 1. The first-order valence-corrected chi connectivity index (χ1v) is 18.7. The predicted octanol–water partition coefficient (Wildman–Crippen LogP) is 5.60. The van der Waals surface area contributed by atoms with E-state index in [1.807, 2.05) is 42.2 Å². The number of benzene rings is 2. The fraction of sp³-hybridized carbons (Fsp3) is 0.444. The number of ether oxygens (including phenoxy) is 2. The van der Waals surface area contributed by atoms with E-state index in [4.69, 9.17) is 9.47 Å². The highest BCUT2D eigenvalue weighted by molar-refractivity contribution is 7.91. The zero-order valence-corrected chi connectivity index (χ0v) is 30.5. The van der Waals surface area contributed by atoms with Crippen LogP contribution in [0.25, 0.3) is 10.9 Å². The van der Waals surface area contributed by atoms with Gasteiger partial charge in [0.15, 0.2) is 15.7 Å². The first-order chi connectivity index (χ1) is 23.8. The summed E-state index contributed by atoms with van der Waals surface area (Å²) in [5.41, 5.74) is 0.965. The third kappa shape index (κ3) is 6.39. The fourth-order valence-electron chi connectivity index (χ4n) is 6.85. The largest absolute Gasteiger partial charge is 0.443 e. The maximum absolute atomic E-state index is 14.2. The lowest BCUT2D eigenvalue weighted by molar-refractivity contribution is -0.120. The van der Waals surface area contributed by atoms with Crippen molar-refractivity contribution in [2.75, 3.05) is 39.7 Å². The summed E-state index contributed by atoms with van der Waals surface area (Å²) in [6.45, 7) is 13.2. The molecule has 51 heavy (non-hydrogen) atoms. The first kappa shape index (κ1) is 34.4. The molecule has 1 N–H and O–H groups in total. The van der Waals surface area contributed by atoms with Crippen molar-refractivity contribution >= 4 is 62.0 Å². The highest BCUT2D eigenvalue weighted by atomic mass is 32.2. The molecule has 7 rings (SSSR count). The Balaban J connectivity index is 1.25. The zero-order chi connectivity index (χ0) is 36.7. The molecule has 0 unspecified atom stereocenters. The van der Waals surface area contributed by atoms with Crippen LogP contribution in [-0.2, 0) is 29.5 Å². The number of sulfone groups is 1. The van der Waals surface area contributed by atoms with Gasteiger partial charge in [-0.05, 0) is 84.2 Å². The van der Waals surface area contributed by atoms with Crippen LogP contribution in [0.1, 0.15) is 70.6 Å². The Kier molecular flexibility index (Phi) is 7.93. The number of aromatic nitrogens is 4. The van der Waals surface area contributed by atoms with E-state index in [2.05, 4.69) is 20.4 Å². The number of fused-ring (bicyclic) bond motifs is 3. The van der Waals surface area contributed by atoms with Gasteiger partial charge in [0.1, 0.15) is 29.2 Å². The third-order valence-corrected chi connectivity index (χ3v) is 10.8. The van der Waals surface area contributed by atoms with Crippen molar-refractivity contribution in [1.82, 2.24) is 19.7 Å². The SMILES string of the molecule is Cc1ccc2c(c1)[C@]1(C[C@H]1c1ccc3c(Nc4cc(N5CCS(=O)(=O)CC5)ncn4)nn(C(=O)OC(C)(C)C)c3c1)C(=O)N2C(=O)OC(C)(C)C. The minimum absolute atomic E-state index is 0.0468. The van der Waals surface area contributed by atoms with Crippen molar-refractivity contribution in [1.29, 1.82) is 0 Å². The van der Waals surface area contributed by atoms with Crippen LogP contribution in [0.15, 0.2) is 48.8 Å². The number of imide groups is 1. The molecule has 2 fully saturated rings. The van der Waals surface area contributed by atoms with Crippen LogP contribution < -0.4 is 15.1 Å². The highest BCUT2D eigenvalue weighted by Gasteiger charge is 2.68. The van der Waals surface area contributed by atoms with Gasteiger partial charge in [-0.25, -0.2) is 32.9 Å². The standard InChI is InChI=1S/C36H41N7O7S/c1-21-8-11-26-24(16-21)36(31(44)42(26)32(45)49-34(2,3)4)19-25(36)22-9-10-23-27(17-22)43(33(46)50-35(5,6)7)40-30(23)39-28-18-29(38-20-37-28)41-12-14-51(47,48)15-13-41/h8-11,16-18,20,25H,12-15,19H2,1-7H3,(H,37,38,39,40)/t25-,36-/m0/s1. The quantitative estimate of drug-likeness (QED) is 0.278. The van der Waals surface area contributed by atoms with Crippen LogP contribution in [0, 0.1) is 6.92 Å². The predicted molar refractivity (Wildman–Crippen MR) is 191 cm³/mol. The number of nitrogens with zero attached hydrogens (tertiary/aromatic N) is 6. The Hall–Kier alpha value is -5.05. The highest BCUT2D eigenvalue weighted by Crippen LogP contribution is 2.66. The van der Waals surface area contributed by atoms with Gasteiger partial charge >= 0.3 is 12.2 Å². The monoisotopic (exact) mass is 715 g/mol. The average Bonchev–Trinajstić information content (AvgIpc) is 3.62. The van der Waals surface area contributed by atoms with Crippen molar-refractivity contribution in [3.05, 3.63) is 65.5 Å². The number of nitrogens with one attached hydrogen (secondary N) is 1. The van der Waals surface area contributed by atoms with Crippen molar-refractivity contribution in [2.24, 2.45) is 0 Å². The molecule has 0 bridgehead atoms. The Bertz CT molecular complexity index is 2210. The number of aryl methyl sites for hydroxylation is 1. The molecule has 4 aromatic rings. The summed E-state index contributed by atoms with van der Waals surface area (Å²) >= 11 is 0. The lowest BCUT2D eigenvalue weighted by atomic mass is 9.91. The first-order valence-electron chi connectivity index (χ1n) is 16.8. The van der Waals surface area contributed by atoms with E-state index in [0.717, 1.165) is 21.6 Å². The second-order valence-corrected chi connectivity index (χ2v) is 17.7. The second-order valence-electron chi connectivity index (χ2n) is 15.4. The van der Waals surface area contributed by atoms with Crippen LogP contribution in [0.4, 0.5) is 32.7 Å². The van der Waals surface area contributed by atoms with Crippen molar-refractivity contribution < 1.29 is 32.3 Å². The summed E-state index contributed by atoms with van der Waals surface area (Å²) in [4.78, 5) is 52.9. The van der Waals surface area contributed by atoms with Gasteiger partial charge < -0.3 is 19.7 Å². The number of amides is 2. The van der Waals surface area contributed by atoms with Gasteiger partial charge in [0, 0.05) is 30.5 Å². The molecule has 15 heteroatoms. The molecule has 0 radical (unpaired) electrons. The van der Waals surface area contributed by atoms with Crippen molar-refractivity contribution in [3.8, 4) is 0 Å². The zero-order valence-electron chi connectivity index (χ0n) is 29.7. The van der Waals surface area contributed by atoms with Gasteiger partial charge in [-0.3, -0.25) is 4.79 Å². The summed E-state index contributed by atoms with van der Waals surface area (Å²) in [5.74, 6) is 0.788. The lowest BCUT2D eigenvalue weighted by Crippen LogP contribution is -2.41. The number of carbonyl (C=O) groups is 3. The molecule has 4 heterocycles. The van der Waals surface area contributed by atoms with E-state index < -0.39 is 38.6 Å². The molecule has 1 saturated carbocycles. The number of carbonyl (C=O) groups excluding carboxylic acids is 3. The molecule has 1 aliphatic carbocycles. The summed E-state index contributed by atoms with van der Waals surface area (Å²) in [6, 6.07) is 12.9. The van der Waals surface area contributed by atoms with Gasteiger partial charge in [0.25, 0.3) is 0 Å². The minimum atomic E-state index is -3.07. The topological polar surface area (TPSA) is 166 Å². The maximum atomic E-state index is 14.2. The molecule has 1 saturated heterocycles. The van der Waals surface area contributed by atoms with Crippen LogP contribution in [0.3, 0.4) is 0 Å². The van der Waals surface area contributed by atoms with E-state index in [1.165, 1.54) is 11.0 Å². The van der Waals surface area contributed by atoms with Crippen LogP contribution >= 0.6 is 0 Å².